The van der Waals surface area contributed by atoms with Crippen LogP contribution in [0.5, 0.6) is 0 Å². The first kappa shape index (κ1) is 9.13. The lowest BCUT2D eigenvalue weighted by Crippen LogP contribution is -1.95. The van der Waals surface area contributed by atoms with Gasteiger partial charge in [-0.25, -0.2) is 0 Å². The lowest BCUT2D eigenvalue weighted by atomic mass is 10.0. The molecule has 1 atom stereocenters. The van der Waals surface area contributed by atoms with Gasteiger partial charge < -0.3 is 10.5 Å². The van der Waals surface area contributed by atoms with Gasteiger partial charge in [-0.2, -0.15) is 0 Å². The van der Waals surface area contributed by atoms with Crippen molar-refractivity contribution in [1.29, 1.82) is 0 Å². The number of nitrogens with two attached hydrogens (primary N) is 1. The average Bonchev–Trinajstić information content (AvgIpc) is 2.08. The lowest BCUT2D eigenvalue weighted by Gasteiger charge is -2.05. The van der Waals surface area contributed by atoms with Gasteiger partial charge in [0.2, 0.25) is 0 Å². The van der Waals surface area contributed by atoms with Gasteiger partial charge in [0, 0.05) is 16.5 Å². The third-order valence-electron chi connectivity index (χ3n) is 1.78. The van der Waals surface area contributed by atoms with Crippen molar-refractivity contribution in [2.75, 3.05) is 5.73 Å². The number of carbonyl (C=O) groups is 1. The average molecular weight is 181 g/mol. The first-order valence-electron chi connectivity index (χ1n) is 3.69. The maximum absolute atomic E-state index is 10.4. The summed E-state index contributed by atoms with van der Waals surface area (Å²) in [4.78, 5) is 11.2. The van der Waals surface area contributed by atoms with Gasteiger partial charge in [-0.3, -0.25) is 0 Å². The predicted octanol–water partition coefficient (Wildman–Crippen LogP) is 1.86. The lowest BCUT2D eigenvalue weighted by molar-refractivity contribution is -0.108. The van der Waals surface area contributed by atoms with Crippen LogP contribution >= 0.6 is 12.6 Å². The standard InChI is InChI=1S/C9H11NOS/c1-6(5-11)7-2-3-8(10)9(12)4-7/h2-6,12H,10H2,1H3. The molecule has 12 heavy (non-hydrogen) atoms. The summed E-state index contributed by atoms with van der Waals surface area (Å²) in [6, 6.07) is 5.42. The van der Waals surface area contributed by atoms with E-state index in [0.717, 1.165) is 16.7 Å². The molecule has 0 fully saturated rings. The number of benzene rings is 1. The van der Waals surface area contributed by atoms with Crippen molar-refractivity contribution in [2.24, 2.45) is 0 Å². The minimum atomic E-state index is -0.0866. The van der Waals surface area contributed by atoms with E-state index in [4.69, 9.17) is 5.73 Å². The predicted molar refractivity (Wildman–Crippen MR) is 52.6 cm³/mol. The van der Waals surface area contributed by atoms with Crippen molar-refractivity contribution in [3.63, 3.8) is 0 Å². The highest BCUT2D eigenvalue weighted by Crippen LogP contribution is 2.21. The zero-order chi connectivity index (χ0) is 9.14. The van der Waals surface area contributed by atoms with Crippen molar-refractivity contribution < 1.29 is 4.79 Å². The molecule has 1 unspecified atom stereocenters. The van der Waals surface area contributed by atoms with Gasteiger partial charge in [-0.1, -0.05) is 13.0 Å². The quantitative estimate of drug-likeness (QED) is 0.415. The van der Waals surface area contributed by atoms with Crippen molar-refractivity contribution in [3.05, 3.63) is 23.8 Å². The fourth-order valence-electron chi connectivity index (χ4n) is 0.922. The van der Waals surface area contributed by atoms with E-state index in [1.165, 1.54) is 0 Å². The van der Waals surface area contributed by atoms with Gasteiger partial charge in [0.25, 0.3) is 0 Å². The fourth-order valence-corrected chi connectivity index (χ4v) is 1.15. The number of carbonyl (C=O) groups excluding carboxylic acids is 1. The Morgan fingerprint density at radius 1 is 1.58 bits per heavy atom. The molecule has 0 bridgehead atoms. The number of rotatable bonds is 2. The van der Waals surface area contributed by atoms with Gasteiger partial charge >= 0.3 is 0 Å². The minimum Gasteiger partial charge on any atom is -0.398 e. The zero-order valence-corrected chi connectivity index (χ0v) is 7.71. The van der Waals surface area contributed by atoms with Gasteiger partial charge in [-0.05, 0) is 17.7 Å². The highest BCUT2D eigenvalue weighted by Gasteiger charge is 2.04. The third kappa shape index (κ3) is 1.80. The van der Waals surface area contributed by atoms with Crippen LogP contribution in [0.25, 0.3) is 0 Å². The molecular formula is C9H11NOS. The molecular weight excluding hydrogens is 170 g/mol. The maximum atomic E-state index is 10.4. The topological polar surface area (TPSA) is 43.1 Å². The molecule has 1 aromatic carbocycles. The molecule has 64 valence electrons. The smallest absolute Gasteiger partial charge is 0.127 e. The molecule has 3 heteroatoms. The number of hydrogen-bond donors (Lipinski definition) is 2. The van der Waals surface area contributed by atoms with E-state index in [-0.39, 0.29) is 5.92 Å². The Morgan fingerprint density at radius 2 is 2.25 bits per heavy atom. The fraction of sp³-hybridized carbons (Fsp3) is 0.222. The third-order valence-corrected chi connectivity index (χ3v) is 2.17. The summed E-state index contributed by atoms with van der Waals surface area (Å²) >= 11 is 4.16. The van der Waals surface area contributed by atoms with Crippen molar-refractivity contribution in [3.8, 4) is 0 Å². The van der Waals surface area contributed by atoms with Crippen LogP contribution in [0.4, 0.5) is 5.69 Å². The van der Waals surface area contributed by atoms with Crippen LogP contribution in [-0.2, 0) is 4.79 Å². The Hall–Kier alpha value is -0.960. The molecule has 0 amide bonds. The molecule has 0 aromatic heterocycles. The Kier molecular flexibility index (Phi) is 2.76. The van der Waals surface area contributed by atoms with Gasteiger partial charge in [0.05, 0.1) is 0 Å². The van der Waals surface area contributed by atoms with E-state index >= 15 is 0 Å². The minimum absolute atomic E-state index is 0.0866. The number of nitrogen functional groups attached to an aromatic ring is 1. The van der Waals surface area contributed by atoms with Crippen molar-refractivity contribution in [2.45, 2.75) is 17.7 Å². The molecule has 2 nitrogen and oxygen atoms in total. The highest BCUT2D eigenvalue weighted by atomic mass is 32.1. The second-order valence-electron chi connectivity index (χ2n) is 2.74. The highest BCUT2D eigenvalue weighted by molar-refractivity contribution is 7.80. The van der Waals surface area contributed by atoms with Crippen LogP contribution in [0.15, 0.2) is 23.1 Å². The van der Waals surface area contributed by atoms with Gasteiger partial charge in [0.1, 0.15) is 6.29 Å². The first-order chi connectivity index (χ1) is 5.65. The second-order valence-corrected chi connectivity index (χ2v) is 3.22. The summed E-state index contributed by atoms with van der Waals surface area (Å²) in [5.74, 6) is -0.0866. The summed E-state index contributed by atoms with van der Waals surface area (Å²) < 4.78 is 0. The molecule has 1 aromatic rings. The second kappa shape index (κ2) is 3.63. The SMILES string of the molecule is CC(C=O)c1ccc(N)c(S)c1. The number of thiol groups is 1. The molecule has 0 saturated heterocycles. The molecule has 0 aliphatic carbocycles. The molecule has 2 N–H and O–H groups in total. The largest absolute Gasteiger partial charge is 0.398 e. The van der Waals surface area contributed by atoms with Gasteiger partial charge in [0.15, 0.2) is 0 Å². The first-order valence-corrected chi connectivity index (χ1v) is 4.13. The van der Waals surface area contributed by atoms with Crippen molar-refractivity contribution in [1.82, 2.24) is 0 Å². The summed E-state index contributed by atoms with van der Waals surface area (Å²) in [5.41, 5.74) is 7.15. The van der Waals surface area contributed by atoms with E-state index in [2.05, 4.69) is 12.6 Å². The monoisotopic (exact) mass is 181 g/mol. The van der Waals surface area contributed by atoms with Crippen molar-refractivity contribution >= 4 is 24.6 Å². The van der Waals surface area contributed by atoms with Crippen LogP contribution in [-0.4, -0.2) is 6.29 Å². The summed E-state index contributed by atoms with van der Waals surface area (Å²) in [6.45, 7) is 1.84. The molecule has 0 saturated carbocycles. The van der Waals surface area contributed by atoms with E-state index < -0.39 is 0 Å². The van der Waals surface area contributed by atoms with E-state index in [9.17, 15) is 4.79 Å². The molecule has 1 rings (SSSR count). The van der Waals surface area contributed by atoms with E-state index in [0.29, 0.717) is 5.69 Å². The molecule has 0 aliphatic heterocycles. The Labute approximate surface area is 77.2 Å². The number of hydrogen-bond acceptors (Lipinski definition) is 3. The van der Waals surface area contributed by atoms with Crippen LogP contribution in [0.1, 0.15) is 18.4 Å². The van der Waals surface area contributed by atoms with E-state index in [1.54, 1.807) is 6.07 Å². The molecule has 0 aliphatic rings. The molecule has 0 radical (unpaired) electrons. The molecule has 0 spiro atoms. The maximum Gasteiger partial charge on any atom is 0.127 e. The Balaban J connectivity index is 3.04. The van der Waals surface area contributed by atoms with Crippen LogP contribution in [0.2, 0.25) is 0 Å². The van der Waals surface area contributed by atoms with Crippen LogP contribution in [0.3, 0.4) is 0 Å². The summed E-state index contributed by atoms with van der Waals surface area (Å²) in [6.07, 6.45) is 0.902. The Bertz CT molecular complexity index is 299. The van der Waals surface area contributed by atoms with Crippen LogP contribution < -0.4 is 5.73 Å². The van der Waals surface area contributed by atoms with Gasteiger partial charge in [-0.15, -0.1) is 12.6 Å². The Morgan fingerprint density at radius 3 is 2.75 bits per heavy atom. The number of anilines is 1. The van der Waals surface area contributed by atoms with E-state index in [1.807, 2.05) is 19.1 Å². The summed E-state index contributed by atoms with van der Waals surface area (Å²) in [7, 11) is 0. The molecule has 0 heterocycles. The number of aldehydes is 1. The van der Waals surface area contributed by atoms with Crippen LogP contribution in [0, 0.1) is 0 Å². The normalized spacial score (nSPS) is 12.5. The zero-order valence-electron chi connectivity index (χ0n) is 6.82. The summed E-state index contributed by atoms with van der Waals surface area (Å²) in [5, 5.41) is 0.